The van der Waals surface area contributed by atoms with Crippen LogP contribution >= 0.6 is 0 Å². The average molecular weight is 254 g/mol. The van der Waals surface area contributed by atoms with E-state index < -0.39 is 0 Å². The number of rotatable bonds is 2. The van der Waals surface area contributed by atoms with Gasteiger partial charge in [-0.3, -0.25) is 4.99 Å². The molecule has 0 saturated heterocycles. The molecule has 0 amide bonds. The highest BCUT2D eigenvalue weighted by Gasteiger charge is 2.10. The van der Waals surface area contributed by atoms with Gasteiger partial charge in [0.2, 0.25) is 0 Å². The molecule has 3 rings (SSSR count). The Hall–Kier alpha value is -1.90. The van der Waals surface area contributed by atoms with Gasteiger partial charge in [-0.15, -0.1) is 0 Å². The molecule has 1 aromatic carbocycles. The lowest BCUT2D eigenvalue weighted by atomic mass is 9.96. The highest BCUT2D eigenvalue weighted by molar-refractivity contribution is 5.88. The first kappa shape index (κ1) is 12.2. The third kappa shape index (κ3) is 2.75. The van der Waals surface area contributed by atoms with Crippen LogP contribution < -0.4 is 0 Å². The van der Waals surface area contributed by atoms with Crippen LogP contribution in [0, 0.1) is 0 Å². The van der Waals surface area contributed by atoms with Crippen molar-refractivity contribution < 1.29 is 5.11 Å². The van der Waals surface area contributed by atoms with Crippen molar-refractivity contribution in [3.05, 3.63) is 36.0 Å². The van der Waals surface area contributed by atoms with E-state index in [9.17, 15) is 5.11 Å². The van der Waals surface area contributed by atoms with Crippen LogP contribution in [0.15, 0.2) is 35.3 Å². The average Bonchev–Trinajstić information content (AvgIpc) is 2.47. The third-order valence-corrected chi connectivity index (χ3v) is 3.71. The Morgan fingerprint density at radius 1 is 1.11 bits per heavy atom. The summed E-state index contributed by atoms with van der Waals surface area (Å²) in [6.45, 7) is 0. The zero-order valence-corrected chi connectivity index (χ0v) is 10.9. The van der Waals surface area contributed by atoms with Crippen LogP contribution in [0.2, 0.25) is 0 Å². The van der Waals surface area contributed by atoms with Crippen molar-refractivity contribution in [2.24, 2.45) is 4.99 Å². The second kappa shape index (κ2) is 5.39. The Morgan fingerprint density at radius 2 is 1.95 bits per heavy atom. The number of phenolic OH excluding ortho intramolecular Hbond substituents is 1. The minimum atomic E-state index is 0.227. The summed E-state index contributed by atoms with van der Waals surface area (Å²) in [5, 5.41) is 10.8. The van der Waals surface area contributed by atoms with Crippen LogP contribution in [0.3, 0.4) is 0 Å². The molecule has 3 heteroatoms. The summed E-state index contributed by atoms with van der Waals surface area (Å²) in [5.74, 6) is 0.227. The molecule has 98 valence electrons. The fraction of sp³-hybridized carbons (Fsp3) is 0.375. The van der Waals surface area contributed by atoms with Gasteiger partial charge in [-0.2, -0.15) is 0 Å². The number of hydrogen-bond donors (Lipinski definition) is 1. The first-order valence-electron chi connectivity index (χ1n) is 6.95. The molecule has 0 unspecified atom stereocenters. The number of aromatic nitrogens is 1. The van der Waals surface area contributed by atoms with Gasteiger partial charge in [0.15, 0.2) is 0 Å². The van der Waals surface area contributed by atoms with Crippen molar-refractivity contribution in [1.82, 2.24) is 4.98 Å². The first-order chi connectivity index (χ1) is 9.33. The fourth-order valence-corrected chi connectivity index (χ4v) is 2.63. The van der Waals surface area contributed by atoms with Crippen molar-refractivity contribution in [3.8, 4) is 5.75 Å². The molecule has 1 N–H and O–H groups in total. The van der Waals surface area contributed by atoms with E-state index in [-0.39, 0.29) is 5.75 Å². The van der Waals surface area contributed by atoms with Crippen LogP contribution in [-0.4, -0.2) is 22.3 Å². The highest BCUT2D eigenvalue weighted by atomic mass is 16.3. The van der Waals surface area contributed by atoms with E-state index in [1.165, 1.54) is 32.1 Å². The van der Waals surface area contributed by atoms with Gasteiger partial charge in [0, 0.05) is 11.6 Å². The maximum Gasteiger partial charge on any atom is 0.141 e. The Morgan fingerprint density at radius 3 is 2.79 bits per heavy atom. The topological polar surface area (TPSA) is 45.5 Å². The van der Waals surface area contributed by atoms with Gasteiger partial charge in [-0.25, -0.2) is 4.98 Å². The molecule has 1 saturated carbocycles. The standard InChI is InChI=1S/C16H18N2O/c19-15-8-4-5-12-9-10-14(18-16(12)15)11-17-13-6-2-1-3-7-13/h4-5,8-11,13,19H,1-3,6-7H2/b17-11+. The molecule has 1 aliphatic rings. The van der Waals surface area contributed by atoms with Gasteiger partial charge in [-0.1, -0.05) is 37.5 Å². The van der Waals surface area contributed by atoms with E-state index in [4.69, 9.17) is 0 Å². The molecule has 0 bridgehead atoms. The van der Waals surface area contributed by atoms with Crippen LogP contribution in [0.5, 0.6) is 5.75 Å². The monoisotopic (exact) mass is 254 g/mol. The van der Waals surface area contributed by atoms with E-state index in [0.29, 0.717) is 11.6 Å². The highest BCUT2D eigenvalue weighted by Crippen LogP contribution is 2.23. The molecule has 19 heavy (non-hydrogen) atoms. The van der Waals surface area contributed by atoms with Gasteiger partial charge in [-0.05, 0) is 25.0 Å². The number of nitrogens with zero attached hydrogens (tertiary/aromatic N) is 2. The molecule has 2 aromatic rings. The van der Waals surface area contributed by atoms with Gasteiger partial charge >= 0.3 is 0 Å². The number of fused-ring (bicyclic) bond motifs is 1. The summed E-state index contributed by atoms with van der Waals surface area (Å²) in [5.41, 5.74) is 1.47. The van der Waals surface area contributed by atoms with Gasteiger partial charge in [0.1, 0.15) is 11.3 Å². The second-order valence-electron chi connectivity index (χ2n) is 5.15. The van der Waals surface area contributed by atoms with Crippen LogP contribution in [0.4, 0.5) is 0 Å². The molecule has 1 heterocycles. The van der Waals surface area contributed by atoms with Crippen molar-refractivity contribution in [1.29, 1.82) is 0 Å². The summed E-state index contributed by atoms with van der Waals surface area (Å²) in [6, 6.07) is 9.82. The molecule has 3 nitrogen and oxygen atoms in total. The van der Waals surface area contributed by atoms with Crippen LogP contribution in [-0.2, 0) is 0 Å². The van der Waals surface area contributed by atoms with Crippen molar-refractivity contribution in [2.45, 2.75) is 38.1 Å². The maximum atomic E-state index is 9.81. The summed E-state index contributed by atoms with van der Waals surface area (Å²) < 4.78 is 0. The number of para-hydroxylation sites is 1. The lowest BCUT2D eigenvalue weighted by Gasteiger charge is -2.16. The lowest BCUT2D eigenvalue weighted by Crippen LogP contribution is -2.09. The summed E-state index contributed by atoms with van der Waals surface area (Å²) in [7, 11) is 0. The number of pyridine rings is 1. The predicted molar refractivity (Wildman–Crippen MR) is 77.9 cm³/mol. The minimum absolute atomic E-state index is 0.227. The molecule has 1 aliphatic carbocycles. The SMILES string of the molecule is Oc1cccc2ccc(/C=N/C3CCCCC3)nc12. The number of benzene rings is 1. The molecule has 1 fully saturated rings. The van der Waals surface area contributed by atoms with E-state index >= 15 is 0 Å². The maximum absolute atomic E-state index is 9.81. The second-order valence-corrected chi connectivity index (χ2v) is 5.15. The normalized spacial score (nSPS) is 17.3. The largest absolute Gasteiger partial charge is 0.506 e. The fourth-order valence-electron chi connectivity index (χ4n) is 2.63. The number of aliphatic imine (C=N–C) groups is 1. The zero-order chi connectivity index (χ0) is 13.1. The summed E-state index contributed by atoms with van der Waals surface area (Å²) >= 11 is 0. The smallest absolute Gasteiger partial charge is 0.141 e. The Labute approximate surface area is 113 Å². The molecule has 0 atom stereocenters. The van der Waals surface area contributed by atoms with E-state index in [0.717, 1.165) is 11.1 Å². The van der Waals surface area contributed by atoms with E-state index in [1.54, 1.807) is 6.07 Å². The summed E-state index contributed by atoms with van der Waals surface area (Å²) in [4.78, 5) is 9.08. The Bertz CT molecular complexity index is 601. The number of phenols is 1. The number of hydrogen-bond acceptors (Lipinski definition) is 3. The molecule has 0 aliphatic heterocycles. The van der Waals surface area contributed by atoms with Crippen molar-refractivity contribution >= 4 is 17.1 Å². The molecule has 0 radical (unpaired) electrons. The van der Waals surface area contributed by atoms with Gasteiger partial charge in [0.25, 0.3) is 0 Å². The first-order valence-corrected chi connectivity index (χ1v) is 6.95. The minimum Gasteiger partial charge on any atom is -0.506 e. The predicted octanol–water partition coefficient (Wildman–Crippen LogP) is 3.69. The Balaban J connectivity index is 1.84. The van der Waals surface area contributed by atoms with Crippen molar-refractivity contribution in [2.75, 3.05) is 0 Å². The van der Waals surface area contributed by atoms with E-state index in [1.807, 2.05) is 30.5 Å². The van der Waals surface area contributed by atoms with Gasteiger partial charge < -0.3 is 5.11 Å². The van der Waals surface area contributed by atoms with Crippen molar-refractivity contribution in [3.63, 3.8) is 0 Å². The van der Waals surface area contributed by atoms with Crippen LogP contribution in [0.25, 0.3) is 10.9 Å². The lowest BCUT2D eigenvalue weighted by molar-refractivity contribution is 0.444. The third-order valence-electron chi connectivity index (χ3n) is 3.71. The number of aromatic hydroxyl groups is 1. The molecule has 0 spiro atoms. The molecule has 1 aromatic heterocycles. The molecular weight excluding hydrogens is 236 g/mol. The Kier molecular flexibility index (Phi) is 3.45. The van der Waals surface area contributed by atoms with Crippen LogP contribution in [0.1, 0.15) is 37.8 Å². The summed E-state index contributed by atoms with van der Waals surface area (Å²) in [6.07, 6.45) is 8.14. The molecular formula is C16H18N2O. The zero-order valence-electron chi connectivity index (χ0n) is 10.9. The quantitative estimate of drug-likeness (QED) is 0.831. The van der Waals surface area contributed by atoms with E-state index in [2.05, 4.69) is 9.98 Å². The van der Waals surface area contributed by atoms with Gasteiger partial charge in [0.05, 0.1) is 11.7 Å².